The summed E-state index contributed by atoms with van der Waals surface area (Å²) in [7, 11) is 0. The van der Waals surface area contributed by atoms with Gasteiger partial charge in [-0.05, 0) is 24.6 Å². The Morgan fingerprint density at radius 3 is 2.63 bits per heavy atom. The zero-order chi connectivity index (χ0) is 14.6. The molecule has 0 aliphatic rings. The van der Waals surface area contributed by atoms with Gasteiger partial charge in [-0.2, -0.15) is 13.2 Å². The fourth-order valence-electron chi connectivity index (χ4n) is 1.63. The van der Waals surface area contributed by atoms with Gasteiger partial charge in [-0.15, -0.1) is 6.58 Å². The second kappa shape index (κ2) is 5.77. The topological polar surface area (TPSA) is 46.3 Å². The van der Waals surface area contributed by atoms with Crippen molar-refractivity contribution in [2.45, 2.75) is 13.1 Å². The van der Waals surface area contributed by atoms with Gasteiger partial charge in [-0.25, -0.2) is 0 Å². The molecule has 19 heavy (non-hydrogen) atoms. The molecule has 0 saturated heterocycles. The van der Waals surface area contributed by atoms with Crippen molar-refractivity contribution in [1.82, 2.24) is 4.90 Å². The minimum atomic E-state index is -4.45. The predicted molar refractivity (Wildman–Crippen MR) is 67.7 cm³/mol. The van der Waals surface area contributed by atoms with Crippen LogP contribution in [-0.2, 0) is 0 Å². The number of nitrogens with two attached hydrogens (primary N) is 1. The normalized spacial score (nSPS) is 11.2. The van der Waals surface area contributed by atoms with Gasteiger partial charge in [0.15, 0.2) is 0 Å². The average molecular weight is 272 g/mol. The molecule has 3 nitrogen and oxygen atoms in total. The number of nitrogen functional groups attached to an aromatic ring is 1. The number of halogens is 3. The van der Waals surface area contributed by atoms with Crippen molar-refractivity contribution in [2.24, 2.45) is 0 Å². The van der Waals surface area contributed by atoms with Crippen LogP contribution < -0.4 is 5.73 Å². The lowest BCUT2D eigenvalue weighted by molar-refractivity contribution is -0.139. The third-order valence-electron chi connectivity index (χ3n) is 2.50. The summed E-state index contributed by atoms with van der Waals surface area (Å²) < 4.78 is 37.3. The van der Waals surface area contributed by atoms with Crippen LogP contribution in [0.1, 0.15) is 15.9 Å². The van der Waals surface area contributed by atoms with Crippen LogP contribution >= 0.6 is 0 Å². The first-order chi connectivity index (χ1) is 8.74. The van der Waals surface area contributed by atoms with E-state index in [0.29, 0.717) is 16.2 Å². The summed E-state index contributed by atoms with van der Waals surface area (Å²) in [6.07, 6.45) is -3.20. The number of carbonyl (C=O) groups is 1. The molecule has 0 aromatic heterocycles. The highest BCUT2D eigenvalue weighted by molar-refractivity contribution is 5.96. The molecule has 6 heteroatoms. The molecule has 1 aromatic carbocycles. The molecule has 104 valence electrons. The largest absolute Gasteiger partial charge is 0.406 e. The maximum atomic E-state index is 12.4. The van der Waals surface area contributed by atoms with Gasteiger partial charge in [0, 0.05) is 17.8 Å². The zero-order valence-electron chi connectivity index (χ0n) is 10.5. The van der Waals surface area contributed by atoms with E-state index in [1.54, 1.807) is 19.1 Å². The van der Waals surface area contributed by atoms with Crippen molar-refractivity contribution in [3.63, 3.8) is 0 Å². The average Bonchev–Trinajstić information content (AvgIpc) is 2.29. The number of anilines is 1. The molecule has 1 aromatic rings. The van der Waals surface area contributed by atoms with Gasteiger partial charge in [0.1, 0.15) is 6.54 Å². The lowest BCUT2D eigenvalue weighted by Gasteiger charge is -2.23. The number of rotatable bonds is 4. The molecule has 0 heterocycles. The first-order valence-corrected chi connectivity index (χ1v) is 5.57. The molecule has 0 saturated carbocycles. The molecule has 0 atom stereocenters. The Balaban J connectivity index is 3.05. The van der Waals surface area contributed by atoms with E-state index in [1.165, 1.54) is 12.1 Å². The van der Waals surface area contributed by atoms with Crippen LogP contribution in [0.2, 0.25) is 0 Å². The maximum absolute atomic E-state index is 12.4. The minimum Gasteiger partial charge on any atom is -0.399 e. The minimum absolute atomic E-state index is 0.172. The van der Waals surface area contributed by atoms with Crippen molar-refractivity contribution in [3.8, 4) is 0 Å². The van der Waals surface area contributed by atoms with Gasteiger partial charge in [0.25, 0.3) is 5.91 Å². The number of amides is 1. The lowest BCUT2D eigenvalue weighted by Crippen LogP contribution is -2.39. The number of benzene rings is 1. The third-order valence-corrected chi connectivity index (χ3v) is 2.50. The SMILES string of the molecule is C=CCN(CC(F)(F)F)C(=O)c1cc(N)ccc1C. The van der Waals surface area contributed by atoms with E-state index in [9.17, 15) is 18.0 Å². The second-order valence-electron chi connectivity index (χ2n) is 4.16. The fraction of sp³-hybridized carbons (Fsp3) is 0.308. The van der Waals surface area contributed by atoms with Gasteiger partial charge < -0.3 is 10.6 Å². The molecule has 0 spiro atoms. The van der Waals surface area contributed by atoms with Crippen LogP contribution in [0.15, 0.2) is 30.9 Å². The first-order valence-electron chi connectivity index (χ1n) is 5.57. The summed E-state index contributed by atoms with van der Waals surface area (Å²) >= 11 is 0. The summed E-state index contributed by atoms with van der Waals surface area (Å²) in [6, 6.07) is 4.57. The molecule has 1 amide bonds. The summed E-state index contributed by atoms with van der Waals surface area (Å²) in [5, 5.41) is 0. The van der Waals surface area contributed by atoms with E-state index in [4.69, 9.17) is 5.73 Å². The van der Waals surface area contributed by atoms with Gasteiger partial charge in [-0.1, -0.05) is 12.1 Å². The molecule has 0 bridgehead atoms. The molecule has 0 radical (unpaired) electrons. The third kappa shape index (κ3) is 4.31. The van der Waals surface area contributed by atoms with E-state index >= 15 is 0 Å². The Bertz CT molecular complexity index is 483. The predicted octanol–water partition coefficient (Wildman–Crippen LogP) is 2.77. The highest BCUT2D eigenvalue weighted by Crippen LogP contribution is 2.20. The number of nitrogens with zero attached hydrogens (tertiary/aromatic N) is 1. The number of aryl methyl sites for hydroxylation is 1. The van der Waals surface area contributed by atoms with E-state index in [-0.39, 0.29) is 12.1 Å². The van der Waals surface area contributed by atoms with E-state index < -0.39 is 18.6 Å². The van der Waals surface area contributed by atoms with Crippen molar-refractivity contribution in [3.05, 3.63) is 42.0 Å². The Hall–Kier alpha value is -1.98. The van der Waals surface area contributed by atoms with Crippen LogP contribution in [0, 0.1) is 6.92 Å². The summed E-state index contributed by atoms with van der Waals surface area (Å²) in [5.74, 6) is -0.706. The van der Waals surface area contributed by atoms with Gasteiger partial charge >= 0.3 is 6.18 Å². The molecular formula is C13H15F3N2O. The summed E-state index contributed by atoms with van der Waals surface area (Å²) in [5.41, 5.74) is 6.64. The van der Waals surface area contributed by atoms with Gasteiger partial charge in [-0.3, -0.25) is 4.79 Å². The van der Waals surface area contributed by atoms with Crippen LogP contribution in [0.5, 0.6) is 0 Å². The molecule has 0 unspecified atom stereocenters. The molecule has 0 aliphatic heterocycles. The molecule has 1 rings (SSSR count). The number of hydrogen-bond acceptors (Lipinski definition) is 2. The monoisotopic (exact) mass is 272 g/mol. The second-order valence-corrected chi connectivity index (χ2v) is 4.16. The number of alkyl halides is 3. The van der Waals surface area contributed by atoms with Crippen LogP contribution in [0.4, 0.5) is 18.9 Å². The fourth-order valence-corrected chi connectivity index (χ4v) is 1.63. The maximum Gasteiger partial charge on any atom is 0.406 e. The van der Waals surface area contributed by atoms with Crippen LogP contribution in [0.25, 0.3) is 0 Å². The number of carbonyl (C=O) groups excluding carboxylic acids is 1. The van der Waals surface area contributed by atoms with Crippen LogP contribution in [0.3, 0.4) is 0 Å². The summed E-state index contributed by atoms with van der Waals surface area (Å²) in [4.78, 5) is 12.8. The first kappa shape index (κ1) is 15.1. The zero-order valence-corrected chi connectivity index (χ0v) is 10.5. The molecular weight excluding hydrogens is 257 g/mol. The standard InChI is InChI=1S/C13H15F3N2O/c1-3-6-18(8-13(14,15)16)12(19)11-7-10(17)5-4-9(11)2/h3-5,7H,1,6,8,17H2,2H3. The molecule has 0 aliphatic carbocycles. The van der Waals surface area contributed by atoms with Gasteiger partial charge in [0.05, 0.1) is 0 Å². The molecule has 0 fully saturated rings. The van der Waals surface area contributed by atoms with Crippen molar-refractivity contribution in [1.29, 1.82) is 0 Å². The highest BCUT2D eigenvalue weighted by Gasteiger charge is 2.33. The smallest absolute Gasteiger partial charge is 0.399 e. The Kier molecular flexibility index (Phi) is 4.58. The Labute approximate surface area is 109 Å². The Morgan fingerprint density at radius 2 is 2.11 bits per heavy atom. The number of hydrogen-bond donors (Lipinski definition) is 1. The molecule has 2 N–H and O–H groups in total. The quantitative estimate of drug-likeness (QED) is 0.676. The summed E-state index contributed by atoms with van der Waals surface area (Å²) in [6.45, 7) is 3.52. The van der Waals surface area contributed by atoms with Gasteiger partial charge in [0.2, 0.25) is 0 Å². The van der Waals surface area contributed by atoms with E-state index in [1.807, 2.05) is 0 Å². The van der Waals surface area contributed by atoms with E-state index in [2.05, 4.69) is 6.58 Å². The highest BCUT2D eigenvalue weighted by atomic mass is 19.4. The lowest BCUT2D eigenvalue weighted by atomic mass is 10.1. The van der Waals surface area contributed by atoms with E-state index in [0.717, 1.165) is 0 Å². The van der Waals surface area contributed by atoms with Crippen LogP contribution in [-0.4, -0.2) is 30.1 Å². The van der Waals surface area contributed by atoms with Crippen molar-refractivity contribution >= 4 is 11.6 Å². The Morgan fingerprint density at radius 1 is 1.47 bits per heavy atom. The van der Waals surface area contributed by atoms with Crippen molar-refractivity contribution < 1.29 is 18.0 Å². The van der Waals surface area contributed by atoms with Crippen molar-refractivity contribution in [2.75, 3.05) is 18.8 Å².